The number of ether oxygens (including phenoxy) is 1. The van der Waals surface area contributed by atoms with Crippen LogP contribution in [0.25, 0.3) is 0 Å². The first-order chi connectivity index (χ1) is 6.57. The summed E-state index contributed by atoms with van der Waals surface area (Å²) in [4.78, 5) is 0. The summed E-state index contributed by atoms with van der Waals surface area (Å²) in [6.45, 7) is 6.50. The summed E-state index contributed by atoms with van der Waals surface area (Å²) in [6, 6.07) is 0. The first-order valence-corrected chi connectivity index (χ1v) is 6.33. The molecule has 14 heavy (non-hydrogen) atoms. The average molecular weight is 234 g/mol. The molecule has 0 bridgehead atoms. The highest BCUT2D eigenvalue weighted by molar-refractivity contribution is 8.10. The van der Waals surface area contributed by atoms with Gasteiger partial charge in [0.2, 0.25) is 4.38 Å². The van der Waals surface area contributed by atoms with E-state index in [1.807, 2.05) is 0 Å². The Labute approximate surface area is 99.0 Å². The first-order valence-electron chi connectivity index (χ1n) is 5.47. The van der Waals surface area contributed by atoms with Crippen molar-refractivity contribution in [2.75, 3.05) is 0 Å². The van der Waals surface area contributed by atoms with E-state index in [2.05, 4.69) is 33.4 Å². The molecule has 0 N–H and O–H groups in total. The quantitative estimate of drug-likeness (QED) is 0.401. The third-order valence-corrected chi connectivity index (χ3v) is 2.80. The van der Waals surface area contributed by atoms with Crippen LogP contribution in [-0.4, -0.2) is 10.5 Å². The minimum absolute atomic E-state index is 0.196. The van der Waals surface area contributed by atoms with Gasteiger partial charge in [-0.3, -0.25) is 0 Å². The van der Waals surface area contributed by atoms with Gasteiger partial charge in [-0.2, -0.15) is 0 Å². The third kappa shape index (κ3) is 7.63. The second kappa shape index (κ2) is 8.54. The lowest BCUT2D eigenvalue weighted by atomic mass is 9.98. The molecule has 0 aromatic carbocycles. The van der Waals surface area contributed by atoms with Crippen molar-refractivity contribution in [1.29, 1.82) is 0 Å². The normalized spacial score (nSPS) is 14.9. The fourth-order valence-electron chi connectivity index (χ4n) is 1.40. The molecule has 0 saturated heterocycles. The highest BCUT2D eigenvalue weighted by Crippen LogP contribution is 2.16. The molecule has 3 heteroatoms. The lowest BCUT2D eigenvalue weighted by Gasteiger charge is -2.20. The number of rotatable bonds is 7. The molecule has 0 rings (SSSR count). The van der Waals surface area contributed by atoms with E-state index < -0.39 is 0 Å². The third-order valence-electron chi connectivity index (χ3n) is 2.60. The molecule has 0 aromatic rings. The summed E-state index contributed by atoms with van der Waals surface area (Å²) in [5.41, 5.74) is 0. The number of unbranched alkanes of at least 4 members (excludes halogenated alkanes) is 3. The highest BCUT2D eigenvalue weighted by Gasteiger charge is 2.13. The summed E-state index contributed by atoms with van der Waals surface area (Å²) in [5.74, 6) is 0.567. The number of hydrogen-bond acceptors (Lipinski definition) is 2. The maximum Gasteiger partial charge on any atom is 0.217 e. The molecule has 0 saturated carbocycles. The van der Waals surface area contributed by atoms with Crippen LogP contribution in [0, 0.1) is 5.92 Å². The second-order valence-corrected chi connectivity index (χ2v) is 5.00. The highest BCUT2D eigenvalue weighted by atomic mass is 32.1. The summed E-state index contributed by atoms with van der Waals surface area (Å²) in [5, 5.41) is 0. The molecule has 0 aliphatic heterocycles. The zero-order valence-corrected chi connectivity index (χ0v) is 11.2. The maximum absolute atomic E-state index is 5.36. The van der Waals surface area contributed by atoms with Gasteiger partial charge >= 0.3 is 0 Å². The molecular weight excluding hydrogens is 212 g/mol. The van der Waals surface area contributed by atoms with Crippen LogP contribution in [0.4, 0.5) is 0 Å². The van der Waals surface area contributed by atoms with Gasteiger partial charge in [0, 0.05) is 0 Å². The standard InChI is InChI=1S/C11H22OS2/c1-4-5-6-7-8-9(2)10(3)12-11(13)14/h9-10H,4-8H2,1-3H3,(H,13,14). The van der Waals surface area contributed by atoms with Crippen LogP contribution in [0.15, 0.2) is 0 Å². The van der Waals surface area contributed by atoms with Crippen LogP contribution < -0.4 is 0 Å². The molecule has 0 aromatic heterocycles. The molecule has 0 heterocycles. The lowest BCUT2D eigenvalue weighted by molar-refractivity contribution is 0.151. The first kappa shape index (κ1) is 14.2. The van der Waals surface area contributed by atoms with Gasteiger partial charge in [-0.05, 0) is 31.5 Å². The Morgan fingerprint density at radius 2 is 1.93 bits per heavy atom. The monoisotopic (exact) mass is 234 g/mol. The van der Waals surface area contributed by atoms with E-state index in [1.54, 1.807) is 0 Å². The molecular formula is C11H22OS2. The Kier molecular flexibility index (Phi) is 8.69. The summed E-state index contributed by atoms with van der Waals surface area (Å²) < 4.78 is 5.72. The predicted octanol–water partition coefficient (Wildman–Crippen LogP) is 4.21. The largest absolute Gasteiger partial charge is 0.475 e. The molecule has 0 spiro atoms. The van der Waals surface area contributed by atoms with Crippen LogP contribution >= 0.6 is 24.8 Å². The van der Waals surface area contributed by atoms with E-state index in [9.17, 15) is 0 Å². The smallest absolute Gasteiger partial charge is 0.217 e. The van der Waals surface area contributed by atoms with Gasteiger partial charge in [0.05, 0.1) is 6.10 Å². The van der Waals surface area contributed by atoms with Crippen molar-refractivity contribution in [2.24, 2.45) is 5.92 Å². The fourth-order valence-corrected chi connectivity index (χ4v) is 1.72. The Hall–Kier alpha value is 0.240. The van der Waals surface area contributed by atoms with Crippen molar-refractivity contribution < 1.29 is 4.74 Å². The minimum Gasteiger partial charge on any atom is -0.475 e. The van der Waals surface area contributed by atoms with Crippen molar-refractivity contribution in [3.8, 4) is 0 Å². The Balaban J connectivity index is 3.51. The molecule has 84 valence electrons. The molecule has 0 radical (unpaired) electrons. The lowest BCUT2D eigenvalue weighted by Crippen LogP contribution is -2.19. The molecule has 1 nitrogen and oxygen atoms in total. The summed E-state index contributed by atoms with van der Waals surface area (Å²) in [6.07, 6.45) is 6.67. The van der Waals surface area contributed by atoms with Crippen LogP contribution in [0.3, 0.4) is 0 Å². The zero-order chi connectivity index (χ0) is 11.0. The molecule has 0 amide bonds. The average Bonchev–Trinajstić information content (AvgIpc) is 2.11. The molecule has 2 atom stereocenters. The van der Waals surface area contributed by atoms with Crippen molar-refractivity contribution in [1.82, 2.24) is 0 Å². The van der Waals surface area contributed by atoms with E-state index in [1.165, 1.54) is 32.1 Å². The SMILES string of the molecule is CCCCCCC(C)C(C)OC(=S)S. The van der Waals surface area contributed by atoms with E-state index in [4.69, 9.17) is 17.0 Å². The molecule has 0 aliphatic rings. The second-order valence-electron chi connectivity index (χ2n) is 3.92. The van der Waals surface area contributed by atoms with Crippen molar-refractivity contribution >= 4 is 29.2 Å². The van der Waals surface area contributed by atoms with Gasteiger partial charge in [-0.1, -0.05) is 52.2 Å². The van der Waals surface area contributed by atoms with Gasteiger partial charge in [-0.15, -0.1) is 0 Å². The Bertz CT molecular complexity index is 159. The van der Waals surface area contributed by atoms with Crippen molar-refractivity contribution in [3.05, 3.63) is 0 Å². The van der Waals surface area contributed by atoms with E-state index >= 15 is 0 Å². The topological polar surface area (TPSA) is 9.23 Å². The summed E-state index contributed by atoms with van der Waals surface area (Å²) >= 11 is 8.75. The van der Waals surface area contributed by atoms with E-state index in [0.717, 1.165) is 0 Å². The van der Waals surface area contributed by atoms with Gasteiger partial charge in [0.25, 0.3) is 0 Å². The van der Waals surface area contributed by atoms with Crippen LogP contribution in [0.5, 0.6) is 0 Å². The van der Waals surface area contributed by atoms with Crippen molar-refractivity contribution in [3.63, 3.8) is 0 Å². The fraction of sp³-hybridized carbons (Fsp3) is 0.909. The number of thiol groups is 1. The van der Waals surface area contributed by atoms with Crippen LogP contribution in [-0.2, 0) is 4.74 Å². The van der Waals surface area contributed by atoms with Gasteiger partial charge < -0.3 is 4.74 Å². The number of hydrogen-bond donors (Lipinski definition) is 1. The Morgan fingerprint density at radius 1 is 1.29 bits per heavy atom. The molecule has 0 fully saturated rings. The minimum atomic E-state index is 0.196. The number of thiocarbonyl (C=S) groups is 1. The maximum atomic E-state index is 5.36. The van der Waals surface area contributed by atoms with Gasteiger partial charge in [0.15, 0.2) is 0 Å². The summed E-state index contributed by atoms with van der Waals surface area (Å²) in [7, 11) is 0. The van der Waals surface area contributed by atoms with Crippen molar-refractivity contribution in [2.45, 2.75) is 59.0 Å². The van der Waals surface area contributed by atoms with E-state index in [0.29, 0.717) is 10.3 Å². The zero-order valence-electron chi connectivity index (χ0n) is 9.45. The molecule has 0 aliphatic carbocycles. The van der Waals surface area contributed by atoms with Crippen LogP contribution in [0.2, 0.25) is 0 Å². The van der Waals surface area contributed by atoms with Gasteiger partial charge in [-0.25, -0.2) is 0 Å². The van der Waals surface area contributed by atoms with E-state index in [-0.39, 0.29) is 6.10 Å². The molecule has 2 unspecified atom stereocenters. The van der Waals surface area contributed by atoms with Gasteiger partial charge in [0.1, 0.15) is 0 Å². The van der Waals surface area contributed by atoms with Crippen LogP contribution in [0.1, 0.15) is 52.9 Å². The Morgan fingerprint density at radius 3 is 2.43 bits per heavy atom. The predicted molar refractivity (Wildman–Crippen MR) is 70.1 cm³/mol.